The lowest BCUT2D eigenvalue weighted by Crippen LogP contribution is -2.46. The number of benzene rings is 2. The van der Waals surface area contributed by atoms with Gasteiger partial charge in [-0.2, -0.15) is 0 Å². The van der Waals surface area contributed by atoms with E-state index in [0.717, 1.165) is 36.4 Å². The standard InChI is InChI=1S/C31H33N5O5S/c1-35-11-8-19(9-12-35)36-30(39)23-13-18-14-27(34-26(18)15-24(23)31(36)40)28-25(7-10-32-29(28)38)33-16-20(37)17-41-21-3-5-22(42-2)6-4-21/h3-7,10,13,15,19-20,37H,8-9,11-12,14,16-17H2,1-2H3,(H2,32,33,38). The molecule has 4 heterocycles. The van der Waals surface area contributed by atoms with Gasteiger partial charge >= 0.3 is 0 Å². The Morgan fingerprint density at radius 1 is 1.10 bits per heavy atom. The molecule has 0 spiro atoms. The summed E-state index contributed by atoms with van der Waals surface area (Å²) < 4.78 is 5.71. The lowest BCUT2D eigenvalue weighted by molar-refractivity contribution is 0.0516. The Hall–Kier alpha value is -3.93. The van der Waals surface area contributed by atoms with Gasteiger partial charge in [-0.15, -0.1) is 11.8 Å². The van der Waals surface area contributed by atoms with Gasteiger partial charge in [0.15, 0.2) is 0 Å². The molecule has 3 aliphatic rings. The van der Waals surface area contributed by atoms with E-state index in [1.54, 1.807) is 30.0 Å². The Morgan fingerprint density at radius 3 is 2.52 bits per heavy atom. The molecule has 3 N–H and O–H groups in total. The number of amides is 2. The molecule has 11 heteroatoms. The predicted molar refractivity (Wildman–Crippen MR) is 163 cm³/mol. The largest absolute Gasteiger partial charge is 0.491 e. The van der Waals surface area contributed by atoms with Gasteiger partial charge in [-0.1, -0.05) is 0 Å². The van der Waals surface area contributed by atoms with E-state index in [2.05, 4.69) is 15.2 Å². The van der Waals surface area contributed by atoms with Crippen LogP contribution in [0.25, 0.3) is 0 Å². The molecule has 1 saturated heterocycles. The average molecular weight is 588 g/mol. The van der Waals surface area contributed by atoms with Crippen molar-refractivity contribution < 1.29 is 19.4 Å². The number of hydrogen-bond acceptors (Lipinski definition) is 9. The van der Waals surface area contributed by atoms with Crippen molar-refractivity contribution in [1.29, 1.82) is 0 Å². The highest BCUT2D eigenvalue weighted by Crippen LogP contribution is 2.37. The zero-order chi connectivity index (χ0) is 29.4. The lowest BCUT2D eigenvalue weighted by atomic mass is 10.00. The minimum atomic E-state index is -0.826. The van der Waals surface area contributed by atoms with Crippen LogP contribution in [0.4, 0.5) is 11.4 Å². The van der Waals surface area contributed by atoms with Crippen molar-refractivity contribution >= 4 is 40.7 Å². The zero-order valence-corrected chi connectivity index (χ0v) is 24.4. The highest BCUT2D eigenvalue weighted by Gasteiger charge is 2.42. The van der Waals surface area contributed by atoms with E-state index >= 15 is 0 Å². The average Bonchev–Trinajstić information content (AvgIpc) is 3.51. The number of H-pyrrole nitrogens is 1. The van der Waals surface area contributed by atoms with Crippen LogP contribution in [0.3, 0.4) is 0 Å². The molecule has 6 rings (SSSR count). The molecule has 3 aromatic rings. The molecule has 42 heavy (non-hydrogen) atoms. The number of hydrogen-bond donors (Lipinski definition) is 3. The zero-order valence-electron chi connectivity index (χ0n) is 23.6. The number of aliphatic hydroxyl groups is 1. The number of aliphatic imine (C=N–C) groups is 1. The van der Waals surface area contributed by atoms with E-state index in [4.69, 9.17) is 9.73 Å². The summed E-state index contributed by atoms with van der Waals surface area (Å²) in [5.74, 6) is 0.143. The van der Waals surface area contributed by atoms with Gasteiger partial charge in [0, 0.05) is 30.1 Å². The number of carbonyl (C=O) groups excluding carboxylic acids is 2. The van der Waals surface area contributed by atoms with Crippen molar-refractivity contribution in [3.05, 3.63) is 81.3 Å². The first-order valence-electron chi connectivity index (χ1n) is 14.0. The van der Waals surface area contributed by atoms with Crippen molar-refractivity contribution in [2.45, 2.75) is 36.3 Å². The number of nitrogens with one attached hydrogen (secondary N) is 2. The monoisotopic (exact) mass is 587 g/mol. The molecule has 10 nitrogen and oxygen atoms in total. The van der Waals surface area contributed by atoms with E-state index in [1.165, 1.54) is 11.1 Å². The van der Waals surface area contributed by atoms with E-state index in [9.17, 15) is 19.5 Å². The van der Waals surface area contributed by atoms with Crippen LogP contribution in [0.1, 0.15) is 44.7 Å². The smallest absolute Gasteiger partial charge is 0.261 e. The van der Waals surface area contributed by atoms with Gasteiger partial charge in [-0.3, -0.25) is 24.3 Å². The molecular formula is C31H33N5O5S. The second-order valence-electron chi connectivity index (χ2n) is 10.9. The summed E-state index contributed by atoms with van der Waals surface area (Å²) in [6.45, 7) is 1.93. The normalized spacial score (nSPS) is 17.7. The summed E-state index contributed by atoms with van der Waals surface area (Å²) in [6.07, 6.45) is 4.59. The van der Waals surface area contributed by atoms with E-state index in [0.29, 0.717) is 45.9 Å². The van der Waals surface area contributed by atoms with Crippen LogP contribution in [0, 0.1) is 0 Å². The maximum Gasteiger partial charge on any atom is 0.261 e. The first kappa shape index (κ1) is 28.2. The number of pyridine rings is 1. The minimum Gasteiger partial charge on any atom is -0.491 e. The number of carbonyl (C=O) groups is 2. The van der Waals surface area contributed by atoms with Crippen LogP contribution in [0.5, 0.6) is 5.75 Å². The summed E-state index contributed by atoms with van der Waals surface area (Å²) >= 11 is 1.64. The molecule has 2 aromatic carbocycles. The van der Waals surface area contributed by atoms with Crippen molar-refractivity contribution in [3.8, 4) is 5.75 Å². The molecule has 1 aromatic heterocycles. The fourth-order valence-corrected chi connectivity index (χ4v) is 6.15. The Balaban J connectivity index is 1.16. The topological polar surface area (TPSA) is 127 Å². The number of rotatable bonds is 9. The highest BCUT2D eigenvalue weighted by atomic mass is 32.2. The number of nitrogens with zero attached hydrogens (tertiary/aromatic N) is 3. The number of ether oxygens (including phenoxy) is 1. The first-order chi connectivity index (χ1) is 20.3. The second-order valence-corrected chi connectivity index (χ2v) is 11.8. The van der Waals surface area contributed by atoms with Crippen LogP contribution >= 0.6 is 11.8 Å². The van der Waals surface area contributed by atoms with Crippen LogP contribution in [-0.4, -0.2) is 89.1 Å². The maximum atomic E-state index is 13.3. The lowest BCUT2D eigenvalue weighted by Gasteiger charge is -2.33. The Bertz CT molecular complexity index is 1610. The van der Waals surface area contributed by atoms with Crippen molar-refractivity contribution in [2.24, 2.45) is 4.99 Å². The van der Waals surface area contributed by atoms with Gasteiger partial charge in [0.25, 0.3) is 17.4 Å². The molecule has 3 aliphatic heterocycles. The second kappa shape index (κ2) is 11.7. The SMILES string of the molecule is CSc1ccc(OCC(O)CNc2cc[nH]c(=O)c2C2=Nc3cc4c(cc3C2)C(=O)N(C2CCN(C)CC2)C4=O)cc1. The van der Waals surface area contributed by atoms with Gasteiger partial charge in [-0.05, 0) is 87.3 Å². The molecule has 0 aliphatic carbocycles. The van der Waals surface area contributed by atoms with Crippen LogP contribution in [0.2, 0.25) is 0 Å². The minimum absolute atomic E-state index is 0.0821. The number of aliphatic hydroxyl groups excluding tert-OH is 1. The summed E-state index contributed by atoms with van der Waals surface area (Å²) in [6, 6.07) is 12.7. The number of thioether (sulfide) groups is 1. The van der Waals surface area contributed by atoms with Crippen LogP contribution in [-0.2, 0) is 6.42 Å². The molecule has 1 atom stereocenters. The molecule has 1 fully saturated rings. The predicted octanol–water partition coefficient (Wildman–Crippen LogP) is 3.32. The van der Waals surface area contributed by atoms with Crippen molar-refractivity contribution in [2.75, 3.05) is 44.9 Å². The van der Waals surface area contributed by atoms with Gasteiger partial charge in [0.05, 0.1) is 33.8 Å². The fourth-order valence-electron chi connectivity index (χ4n) is 5.74. The summed E-state index contributed by atoms with van der Waals surface area (Å²) in [5, 5.41) is 13.7. The number of anilines is 1. The molecule has 0 radical (unpaired) electrons. The third-order valence-corrected chi connectivity index (χ3v) is 8.81. The molecule has 0 saturated carbocycles. The number of aromatic nitrogens is 1. The Labute approximate surface area is 247 Å². The molecule has 1 unspecified atom stereocenters. The molecular weight excluding hydrogens is 554 g/mol. The van der Waals surface area contributed by atoms with Gasteiger partial charge in [-0.25, -0.2) is 0 Å². The van der Waals surface area contributed by atoms with Gasteiger partial charge in [0.1, 0.15) is 18.5 Å². The first-order valence-corrected chi connectivity index (χ1v) is 15.3. The Kier molecular flexibility index (Phi) is 7.89. The quantitative estimate of drug-likeness (QED) is 0.257. The van der Waals surface area contributed by atoms with E-state index in [1.807, 2.05) is 37.6 Å². The summed E-state index contributed by atoms with van der Waals surface area (Å²) in [5.41, 5.74) is 3.26. The van der Waals surface area contributed by atoms with Gasteiger partial charge in [0.2, 0.25) is 0 Å². The van der Waals surface area contributed by atoms with Crippen LogP contribution in [0.15, 0.2) is 63.3 Å². The van der Waals surface area contributed by atoms with E-state index < -0.39 is 6.10 Å². The van der Waals surface area contributed by atoms with Crippen LogP contribution < -0.4 is 15.6 Å². The maximum absolute atomic E-state index is 13.3. The third kappa shape index (κ3) is 5.47. The third-order valence-electron chi connectivity index (χ3n) is 8.06. The Morgan fingerprint density at radius 2 is 1.81 bits per heavy atom. The number of aromatic amines is 1. The summed E-state index contributed by atoms with van der Waals surface area (Å²) in [7, 11) is 2.04. The fraction of sp³-hybridized carbons (Fsp3) is 0.355. The van der Waals surface area contributed by atoms with E-state index in [-0.39, 0.29) is 36.6 Å². The molecule has 2 amide bonds. The number of imide groups is 1. The number of fused-ring (bicyclic) bond motifs is 2. The van der Waals surface area contributed by atoms with Gasteiger partial charge < -0.3 is 25.0 Å². The number of piperidine rings is 1. The molecule has 218 valence electrons. The number of likely N-dealkylation sites (tertiary alicyclic amines) is 1. The highest BCUT2D eigenvalue weighted by molar-refractivity contribution is 7.98. The van der Waals surface area contributed by atoms with Crippen molar-refractivity contribution in [1.82, 2.24) is 14.8 Å². The molecule has 0 bridgehead atoms. The van der Waals surface area contributed by atoms with Crippen molar-refractivity contribution in [3.63, 3.8) is 0 Å². The summed E-state index contributed by atoms with van der Waals surface area (Å²) in [4.78, 5) is 51.8.